The second-order valence-electron chi connectivity index (χ2n) is 5.51. The minimum absolute atomic E-state index is 0.00503. The summed E-state index contributed by atoms with van der Waals surface area (Å²) in [6, 6.07) is 1.92. The summed E-state index contributed by atoms with van der Waals surface area (Å²) in [5.74, 6) is -1.27. The molecule has 1 aromatic rings. The number of carbonyl (C=O) groups excluding carboxylic acids is 1. The van der Waals surface area contributed by atoms with E-state index in [0.29, 0.717) is 13.1 Å². The molecule has 5 nitrogen and oxygen atoms in total. The second-order valence-corrected chi connectivity index (χ2v) is 6.29. The number of likely N-dealkylation sites (tertiary alicyclic amines) is 1. The summed E-state index contributed by atoms with van der Waals surface area (Å²) >= 11 is 1.64. The monoisotopic (exact) mass is 296 g/mol. The molecule has 1 unspecified atom stereocenters. The molecule has 2 amide bonds. The molecular formula is C14H20N2O3S. The van der Waals surface area contributed by atoms with E-state index in [1.165, 1.54) is 5.56 Å². The van der Waals surface area contributed by atoms with Crippen LogP contribution >= 0.6 is 11.3 Å². The van der Waals surface area contributed by atoms with Crippen LogP contribution in [-0.4, -0.2) is 41.1 Å². The van der Waals surface area contributed by atoms with Crippen molar-refractivity contribution in [3.05, 3.63) is 22.4 Å². The van der Waals surface area contributed by atoms with Crippen molar-refractivity contribution in [2.24, 2.45) is 11.8 Å². The van der Waals surface area contributed by atoms with Crippen molar-refractivity contribution < 1.29 is 14.7 Å². The highest BCUT2D eigenvalue weighted by Crippen LogP contribution is 2.23. The molecular weight excluding hydrogens is 276 g/mol. The molecule has 2 heterocycles. The molecule has 1 aromatic heterocycles. The lowest BCUT2D eigenvalue weighted by atomic mass is 9.99. The van der Waals surface area contributed by atoms with E-state index in [1.807, 2.05) is 25.3 Å². The van der Waals surface area contributed by atoms with E-state index in [4.69, 9.17) is 5.11 Å². The van der Waals surface area contributed by atoms with Crippen LogP contribution in [0.3, 0.4) is 0 Å². The largest absolute Gasteiger partial charge is 0.481 e. The van der Waals surface area contributed by atoms with Crippen LogP contribution in [0.5, 0.6) is 0 Å². The molecule has 0 aromatic carbocycles. The van der Waals surface area contributed by atoms with Crippen molar-refractivity contribution in [2.75, 3.05) is 13.1 Å². The third kappa shape index (κ3) is 3.50. The second kappa shape index (κ2) is 6.26. The highest BCUT2D eigenvalue weighted by Gasteiger charge is 2.37. The fraction of sp³-hybridized carbons (Fsp3) is 0.571. The maximum absolute atomic E-state index is 12.1. The number of rotatable bonds is 4. The standard InChI is InChI=1S/C14H20N2O3S/c1-9-6-16(7-12(9)13(17)18)14(19)15-10(2)5-11-3-4-20-8-11/h3-4,8-10,12H,5-7H2,1-2H3,(H,15,19)(H,17,18)/t9-,10?,12-/m1/s1. The maximum atomic E-state index is 12.1. The molecule has 1 fully saturated rings. The number of hydrogen-bond donors (Lipinski definition) is 2. The summed E-state index contributed by atoms with van der Waals surface area (Å²) in [7, 11) is 0. The molecule has 1 saturated heterocycles. The van der Waals surface area contributed by atoms with E-state index in [0.717, 1.165) is 6.42 Å². The number of hydrogen-bond acceptors (Lipinski definition) is 3. The van der Waals surface area contributed by atoms with Gasteiger partial charge in [-0.3, -0.25) is 4.79 Å². The number of carboxylic acids is 1. The highest BCUT2D eigenvalue weighted by atomic mass is 32.1. The SMILES string of the molecule is CC(Cc1ccsc1)NC(=O)N1C[C@@H](C)[C@H](C(=O)O)C1. The summed E-state index contributed by atoms with van der Waals surface area (Å²) < 4.78 is 0. The number of thiophene rings is 1. The number of nitrogens with one attached hydrogen (secondary N) is 1. The summed E-state index contributed by atoms with van der Waals surface area (Å²) in [5, 5.41) is 16.1. The predicted molar refractivity (Wildman–Crippen MR) is 77.9 cm³/mol. The van der Waals surface area contributed by atoms with Gasteiger partial charge in [0.25, 0.3) is 0 Å². The van der Waals surface area contributed by atoms with Crippen LogP contribution < -0.4 is 5.32 Å². The summed E-state index contributed by atoms with van der Waals surface area (Å²) in [4.78, 5) is 24.8. The molecule has 0 bridgehead atoms. The summed E-state index contributed by atoms with van der Waals surface area (Å²) in [6.07, 6.45) is 0.793. The lowest BCUT2D eigenvalue weighted by Crippen LogP contribution is -2.43. The fourth-order valence-corrected chi connectivity index (χ4v) is 3.25. The van der Waals surface area contributed by atoms with Crippen molar-refractivity contribution in [1.82, 2.24) is 10.2 Å². The van der Waals surface area contributed by atoms with Crippen LogP contribution in [0.1, 0.15) is 19.4 Å². The topological polar surface area (TPSA) is 69.6 Å². The van der Waals surface area contributed by atoms with Crippen molar-refractivity contribution in [3.8, 4) is 0 Å². The molecule has 1 aliphatic heterocycles. The average molecular weight is 296 g/mol. The van der Waals surface area contributed by atoms with E-state index < -0.39 is 11.9 Å². The Kier molecular flexibility index (Phi) is 4.65. The van der Waals surface area contributed by atoms with Gasteiger partial charge in [0, 0.05) is 19.1 Å². The first-order valence-electron chi connectivity index (χ1n) is 6.76. The third-order valence-corrected chi connectivity index (χ3v) is 4.44. The Morgan fingerprint density at radius 1 is 1.55 bits per heavy atom. The average Bonchev–Trinajstić information content (AvgIpc) is 2.98. The smallest absolute Gasteiger partial charge is 0.317 e. The molecule has 2 N–H and O–H groups in total. The number of carbonyl (C=O) groups is 2. The lowest BCUT2D eigenvalue weighted by molar-refractivity contribution is -0.142. The van der Waals surface area contributed by atoms with E-state index in [-0.39, 0.29) is 18.0 Å². The number of amides is 2. The maximum Gasteiger partial charge on any atom is 0.317 e. The highest BCUT2D eigenvalue weighted by molar-refractivity contribution is 7.07. The van der Waals surface area contributed by atoms with Gasteiger partial charge in [0.15, 0.2) is 0 Å². The van der Waals surface area contributed by atoms with Gasteiger partial charge in [0.05, 0.1) is 5.92 Å². The molecule has 2 rings (SSSR count). The molecule has 110 valence electrons. The van der Waals surface area contributed by atoms with Crippen LogP contribution in [0.15, 0.2) is 16.8 Å². The van der Waals surface area contributed by atoms with Crippen molar-refractivity contribution in [1.29, 1.82) is 0 Å². The van der Waals surface area contributed by atoms with Gasteiger partial charge in [-0.25, -0.2) is 4.79 Å². The lowest BCUT2D eigenvalue weighted by Gasteiger charge is -2.20. The normalized spacial score (nSPS) is 23.6. The number of aliphatic carboxylic acids is 1. The van der Waals surface area contributed by atoms with E-state index in [1.54, 1.807) is 16.2 Å². The van der Waals surface area contributed by atoms with Gasteiger partial charge in [0.1, 0.15) is 0 Å². The first kappa shape index (κ1) is 14.8. The van der Waals surface area contributed by atoms with Crippen molar-refractivity contribution >= 4 is 23.3 Å². The van der Waals surface area contributed by atoms with Crippen molar-refractivity contribution in [2.45, 2.75) is 26.3 Å². The van der Waals surface area contributed by atoms with Crippen LogP contribution in [0.4, 0.5) is 4.79 Å². The Bertz CT molecular complexity index is 475. The predicted octanol–water partition coefficient (Wildman–Crippen LogP) is 2.04. The van der Waals surface area contributed by atoms with Gasteiger partial charge in [-0.2, -0.15) is 11.3 Å². The first-order valence-corrected chi connectivity index (χ1v) is 7.71. The molecule has 0 saturated carbocycles. The minimum atomic E-state index is -0.820. The Hall–Kier alpha value is -1.56. The van der Waals surface area contributed by atoms with Crippen LogP contribution in [-0.2, 0) is 11.2 Å². The van der Waals surface area contributed by atoms with Gasteiger partial charge in [0.2, 0.25) is 0 Å². The van der Waals surface area contributed by atoms with E-state index >= 15 is 0 Å². The molecule has 0 radical (unpaired) electrons. The molecule has 1 aliphatic rings. The van der Waals surface area contributed by atoms with Gasteiger partial charge < -0.3 is 15.3 Å². The van der Waals surface area contributed by atoms with Crippen LogP contribution in [0.2, 0.25) is 0 Å². The molecule has 6 heteroatoms. The zero-order chi connectivity index (χ0) is 14.7. The Labute approximate surface area is 122 Å². The third-order valence-electron chi connectivity index (χ3n) is 3.71. The Morgan fingerprint density at radius 2 is 2.30 bits per heavy atom. The molecule has 0 spiro atoms. The number of urea groups is 1. The molecule has 3 atom stereocenters. The minimum Gasteiger partial charge on any atom is -0.481 e. The Morgan fingerprint density at radius 3 is 2.85 bits per heavy atom. The fourth-order valence-electron chi connectivity index (χ4n) is 2.57. The molecule has 20 heavy (non-hydrogen) atoms. The van der Waals surface area contributed by atoms with Gasteiger partial charge in [-0.15, -0.1) is 0 Å². The summed E-state index contributed by atoms with van der Waals surface area (Å²) in [6.45, 7) is 4.64. The number of carboxylic acid groups (broad SMARTS) is 1. The Balaban J connectivity index is 1.84. The molecule has 0 aliphatic carbocycles. The van der Waals surface area contributed by atoms with Gasteiger partial charge in [-0.1, -0.05) is 6.92 Å². The number of nitrogens with zero attached hydrogens (tertiary/aromatic N) is 1. The van der Waals surface area contributed by atoms with E-state index in [2.05, 4.69) is 10.7 Å². The summed E-state index contributed by atoms with van der Waals surface area (Å²) in [5.41, 5.74) is 1.21. The van der Waals surface area contributed by atoms with Crippen LogP contribution in [0, 0.1) is 11.8 Å². The zero-order valence-corrected chi connectivity index (χ0v) is 12.5. The van der Waals surface area contributed by atoms with Crippen molar-refractivity contribution in [3.63, 3.8) is 0 Å². The van der Waals surface area contributed by atoms with Gasteiger partial charge >= 0.3 is 12.0 Å². The quantitative estimate of drug-likeness (QED) is 0.893. The van der Waals surface area contributed by atoms with E-state index in [9.17, 15) is 9.59 Å². The van der Waals surface area contributed by atoms with Crippen LogP contribution in [0.25, 0.3) is 0 Å². The zero-order valence-electron chi connectivity index (χ0n) is 11.7. The first-order chi connectivity index (χ1) is 9.47. The van der Waals surface area contributed by atoms with Gasteiger partial charge in [-0.05, 0) is 41.7 Å².